The topological polar surface area (TPSA) is 70.9 Å². The summed E-state index contributed by atoms with van der Waals surface area (Å²) < 4.78 is 13.2. The summed E-state index contributed by atoms with van der Waals surface area (Å²) in [5, 5.41) is 3.28. The summed E-state index contributed by atoms with van der Waals surface area (Å²) >= 11 is 0. The Labute approximate surface area is 98.0 Å². The first-order valence-electron chi connectivity index (χ1n) is 5.39. The summed E-state index contributed by atoms with van der Waals surface area (Å²) in [7, 11) is 0. The zero-order valence-corrected chi connectivity index (χ0v) is 9.51. The average Bonchev–Trinajstić information content (AvgIpc) is 2.61. The molecule has 0 saturated heterocycles. The van der Waals surface area contributed by atoms with Crippen LogP contribution in [0, 0.1) is 12.7 Å². The van der Waals surface area contributed by atoms with Gasteiger partial charge in [-0.1, -0.05) is 0 Å². The van der Waals surface area contributed by atoms with Crippen molar-refractivity contribution in [1.29, 1.82) is 0 Å². The molecule has 0 spiro atoms. The number of fused-ring (bicyclic) bond motifs is 1. The van der Waals surface area contributed by atoms with Crippen LogP contribution in [0.25, 0.3) is 10.9 Å². The van der Waals surface area contributed by atoms with E-state index in [2.05, 4.69) is 10.3 Å². The third-order valence-electron chi connectivity index (χ3n) is 2.61. The molecule has 2 aromatic rings. The second-order valence-corrected chi connectivity index (χ2v) is 3.86. The first-order chi connectivity index (χ1) is 8.13. The Balaban J connectivity index is 2.48. The largest absolute Gasteiger partial charge is 0.358 e. The van der Waals surface area contributed by atoms with Crippen LogP contribution in [0.3, 0.4) is 0 Å². The first-order valence-corrected chi connectivity index (χ1v) is 5.39. The van der Waals surface area contributed by atoms with Crippen molar-refractivity contribution in [2.24, 2.45) is 5.73 Å². The van der Waals surface area contributed by atoms with E-state index in [0.29, 0.717) is 24.0 Å². The molecular formula is C12H14FN3O. The number of nitrogens with one attached hydrogen (secondary N) is 2. The Morgan fingerprint density at radius 3 is 3.00 bits per heavy atom. The van der Waals surface area contributed by atoms with Crippen LogP contribution in [-0.2, 0) is 0 Å². The van der Waals surface area contributed by atoms with Crippen LogP contribution in [0.2, 0.25) is 0 Å². The molecule has 0 fully saturated rings. The predicted molar refractivity (Wildman–Crippen MR) is 64.4 cm³/mol. The fourth-order valence-corrected chi connectivity index (χ4v) is 1.87. The van der Waals surface area contributed by atoms with E-state index in [1.54, 1.807) is 13.0 Å². The highest BCUT2D eigenvalue weighted by Crippen LogP contribution is 2.22. The van der Waals surface area contributed by atoms with Crippen molar-refractivity contribution in [2.75, 3.05) is 13.1 Å². The van der Waals surface area contributed by atoms with E-state index < -0.39 is 0 Å². The molecule has 0 aliphatic rings. The lowest BCUT2D eigenvalue weighted by atomic mass is 10.1. The van der Waals surface area contributed by atoms with Crippen molar-refractivity contribution in [1.82, 2.24) is 10.3 Å². The smallest absolute Gasteiger partial charge is 0.253 e. The van der Waals surface area contributed by atoms with Crippen molar-refractivity contribution in [3.8, 4) is 0 Å². The van der Waals surface area contributed by atoms with E-state index in [1.807, 2.05) is 0 Å². The number of amides is 1. The van der Waals surface area contributed by atoms with E-state index in [4.69, 9.17) is 5.73 Å². The summed E-state index contributed by atoms with van der Waals surface area (Å²) in [6.45, 7) is 2.57. The highest BCUT2D eigenvalue weighted by molar-refractivity contribution is 6.08. The Hall–Kier alpha value is -1.88. The second kappa shape index (κ2) is 4.55. The fourth-order valence-electron chi connectivity index (χ4n) is 1.87. The molecule has 0 aliphatic heterocycles. The Bertz CT molecular complexity index is 562. The summed E-state index contributed by atoms with van der Waals surface area (Å²) in [4.78, 5) is 15.0. The van der Waals surface area contributed by atoms with Crippen LogP contribution >= 0.6 is 0 Å². The molecule has 0 saturated carbocycles. The highest BCUT2D eigenvalue weighted by atomic mass is 19.1. The number of carbonyl (C=O) groups excluding carboxylic acids is 1. The molecule has 90 valence electrons. The van der Waals surface area contributed by atoms with Crippen molar-refractivity contribution >= 4 is 16.8 Å². The number of hydrogen-bond donors (Lipinski definition) is 3. The van der Waals surface area contributed by atoms with Crippen LogP contribution in [-0.4, -0.2) is 24.0 Å². The third-order valence-corrected chi connectivity index (χ3v) is 2.61. The number of benzene rings is 1. The van der Waals surface area contributed by atoms with Gasteiger partial charge in [0.15, 0.2) is 0 Å². The van der Waals surface area contributed by atoms with Crippen LogP contribution < -0.4 is 11.1 Å². The summed E-state index contributed by atoms with van der Waals surface area (Å²) in [6.07, 6.45) is 0. The summed E-state index contributed by atoms with van der Waals surface area (Å²) in [6, 6.07) is 4.34. The Morgan fingerprint density at radius 1 is 1.53 bits per heavy atom. The number of carbonyl (C=O) groups is 1. The van der Waals surface area contributed by atoms with E-state index in [-0.39, 0.29) is 11.7 Å². The number of aromatic amines is 1. The molecule has 1 amide bonds. The maximum absolute atomic E-state index is 13.2. The zero-order valence-electron chi connectivity index (χ0n) is 9.51. The van der Waals surface area contributed by atoms with Gasteiger partial charge in [-0.15, -0.1) is 0 Å². The van der Waals surface area contributed by atoms with E-state index in [9.17, 15) is 9.18 Å². The number of H-pyrrole nitrogens is 1. The number of halogens is 1. The number of rotatable bonds is 3. The van der Waals surface area contributed by atoms with Gasteiger partial charge in [-0.05, 0) is 25.1 Å². The minimum atomic E-state index is -0.357. The number of nitrogens with two attached hydrogens (primary N) is 1. The lowest BCUT2D eigenvalue weighted by molar-refractivity contribution is 0.0956. The Morgan fingerprint density at radius 2 is 2.29 bits per heavy atom. The maximum Gasteiger partial charge on any atom is 0.253 e. The quantitative estimate of drug-likeness (QED) is 0.750. The highest BCUT2D eigenvalue weighted by Gasteiger charge is 2.15. The fraction of sp³-hybridized carbons (Fsp3) is 0.250. The standard InChI is InChI=1S/C12H14FN3O/c1-7-11(12(17)15-5-4-14)9-6-8(13)2-3-10(9)16-7/h2-3,6,16H,4-5,14H2,1H3,(H,15,17). The van der Waals surface area contributed by atoms with Crippen molar-refractivity contribution < 1.29 is 9.18 Å². The summed E-state index contributed by atoms with van der Waals surface area (Å²) in [5.74, 6) is -0.589. The number of aromatic nitrogens is 1. The van der Waals surface area contributed by atoms with Crippen LogP contribution in [0.5, 0.6) is 0 Å². The van der Waals surface area contributed by atoms with Gasteiger partial charge in [0, 0.05) is 29.7 Å². The monoisotopic (exact) mass is 235 g/mol. The molecule has 4 N–H and O–H groups in total. The van der Waals surface area contributed by atoms with Crippen molar-refractivity contribution in [2.45, 2.75) is 6.92 Å². The summed E-state index contributed by atoms with van der Waals surface area (Å²) in [5.41, 5.74) is 7.28. The first kappa shape index (κ1) is 11.6. The average molecular weight is 235 g/mol. The van der Waals surface area contributed by atoms with Gasteiger partial charge in [0.2, 0.25) is 0 Å². The molecular weight excluding hydrogens is 221 g/mol. The molecule has 0 bridgehead atoms. The van der Waals surface area contributed by atoms with Crippen molar-refractivity contribution in [3.05, 3.63) is 35.3 Å². The molecule has 0 unspecified atom stereocenters. The number of hydrogen-bond acceptors (Lipinski definition) is 2. The van der Waals surface area contributed by atoms with Gasteiger partial charge in [0.05, 0.1) is 5.56 Å². The molecule has 4 nitrogen and oxygen atoms in total. The van der Waals surface area contributed by atoms with Crippen LogP contribution in [0.15, 0.2) is 18.2 Å². The van der Waals surface area contributed by atoms with Crippen molar-refractivity contribution in [3.63, 3.8) is 0 Å². The molecule has 1 aromatic heterocycles. The molecule has 0 aliphatic carbocycles. The van der Waals surface area contributed by atoms with Gasteiger partial charge in [0.25, 0.3) is 5.91 Å². The van der Waals surface area contributed by atoms with E-state index >= 15 is 0 Å². The van der Waals surface area contributed by atoms with Gasteiger partial charge in [-0.25, -0.2) is 4.39 Å². The minimum absolute atomic E-state index is 0.232. The maximum atomic E-state index is 13.2. The van der Waals surface area contributed by atoms with Crippen LogP contribution in [0.1, 0.15) is 16.1 Å². The normalized spacial score (nSPS) is 10.8. The second-order valence-electron chi connectivity index (χ2n) is 3.86. The molecule has 0 radical (unpaired) electrons. The molecule has 0 atom stereocenters. The lowest BCUT2D eigenvalue weighted by Gasteiger charge is -2.03. The Kier molecular flexibility index (Phi) is 3.10. The molecule has 2 rings (SSSR count). The third kappa shape index (κ3) is 2.14. The van der Waals surface area contributed by atoms with E-state index in [0.717, 1.165) is 11.2 Å². The zero-order chi connectivity index (χ0) is 12.4. The number of aryl methyl sites for hydroxylation is 1. The van der Waals surface area contributed by atoms with Gasteiger partial charge >= 0.3 is 0 Å². The molecule has 1 aromatic carbocycles. The molecule has 5 heteroatoms. The van der Waals surface area contributed by atoms with Gasteiger partial charge in [-0.2, -0.15) is 0 Å². The molecule has 1 heterocycles. The van der Waals surface area contributed by atoms with Gasteiger partial charge in [0.1, 0.15) is 5.82 Å². The minimum Gasteiger partial charge on any atom is -0.358 e. The lowest BCUT2D eigenvalue weighted by Crippen LogP contribution is -2.29. The SMILES string of the molecule is Cc1[nH]c2ccc(F)cc2c1C(=O)NCCN. The van der Waals surface area contributed by atoms with Gasteiger partial charge in [-0.3, -0.25) is 4.79 Å². The van der Waals surface area contributed by atoms with Gasteiger partial charge < -0.3 is 16.0 Å². The molecule has 17 heavy (non-hydrogen) atoms. The van der Waals surface area contributed by atoms with E-state index in [1.165, 1.54) is 12.1 Å². The predicted octanol–water partition coefficient (Wildman–Crippen LogP) is 1.30. The van der Waals surface area contributed by atoms with Crippen LogP contribution in [0.4, 0.5) is 4.39 Å².